The van der Waals surface area contributed by atoms with Gasteiger partial charge in [0.1, 0.15) is 17.6 Å². The molecule has 2 fully saturated rings. The number of piperidine rings is 1. The van der Waals surface area contributed by atoms with E-state index in [1.54, 1.807) is 4.90 Å². The van der Waals surface area contributed by atoms with Crippen molar-refractivity contribution in [2.24, 2.45) is 5.73 Å². The standard InChI is InChI=1S/C20H23F4N7O3/c21-12-6-16(11-29(9-12)18(25)32)31(14-4-5-14)19(33)26-8-13-10-30(28-27-13)15-2-1-3-17(7-15)34-20(22,23)24/h1-3,7,10,12,14,16H,4-6,8-9,11H2,(H2,25,32)(H,26,33)/t12-,16+/m0/s1. The van der Waals surface area contributed by atoms with Gasteiger partial charge >= 0.3 is 18.4 Å². The van der Waals surface area contributed by atoms with Gasteiger partial charge in [-0.25, -0.2) is 18.7 Å². The Kier molecular flexibility index (Phi) is 6.48. The summed E-state index contributed by atoms with van der Waals surface area (Å²) in [5, 5.41) is 10.5. The molecule has 2 heterocycles. The van der Waals surface area contributed by atoms with Gasteiger partial charge in [-0.05, 0) is 25.0 Å². The molecule has 2 aliphatic rings. The van der Waals surface area contributed by atoms with E-state index in [2.05, 4.69) is 20.4 Å². The predicted octanol–water partition coefficient (Wildman–Crippen LogP) is 2.33. The van der Waals surface area contributed by atoms with Crippen LogP contribution in [0.5, 0.6) is 5.75 Å². The summed E-state index contributed by atoms with van der Waals surface area (Å²) >= 11 is 0. The topological polar surface area (TPSA) is 119 Å². The Morgan fingerprint density at radius 3 is 2.68 bits per heavy atom. The lowest BCUT2D eigenvalue weighted by atomic mass is 10.0. The summed E-state index contributed by atoms with van der Waals surface area (Å²) in [6, 6.07) is 3.51. The molecule has 2 aromatic rings. The van der Waals surface area contributed by atoms with Crippen molar-refractivity contribution in [2.75, 3.05) is 13.1 Å². The first-order chi connectivity index (χ1) is 16.1. The molecule has 0 spiro atoms. The maximum absolute atomic E-state index is 14.2. The van der Waals surface area contributed by atoms with E-state index < -0.39 is 36.4 Å². The zero-order valence-corrected chi connectivity index (χ0v) is 17.9. The van der Waals surface area contributed by atoms with Crippen LogP contribution in [0.1, 0.15) is 25.0 Å². The van der Waals surface area contributed by atoms with Crippen molar-refractivity contribution in [1.82, 2.24) is 30.1 Å². The number of nitrogens with zero attached hydrogens (tertiary/aromatic N) is 5. The highest BCUT2D eigenvalue weighted by molar-refractivity contribution is 5.76. The summed E-state index contributed by atoms with van der Waals surface area (Å²) < 4.78 is 56.7. The number of nitrogens with two attached hydrogens (primary N) is 1. The van der Waals surface area contributed by atoms with Crippen LogP contribution in [-0.4, -0.2) is 74.6 Å². The molecule has 10 nitrogen and oxygen atoms in total. The SMILES string of the molecule is NC(=O)N1C[C@@H](F)C[C@@H](N(C(=O)NCc2cn(-c3cccc(OC(F)(F)F)c3)nn2)C2CC2)C1. The minimum atomic E-state index is -4.82. The molecule has 2 atom stereocenters. The molecule has 4 amide bonds. The molecule has 3 N–H and O–H groups in total. The number of urea groups is 2. The number of primary amides is 1. The van der Waals surface area contributed by atoms with Gasteiger partial charge in [-0.15, -0.1) is 18.3 Å². The molecule has 34 heavy (non-hydrogen) atoms. The molecule has 4 rings (SSSR count). The molecule has 0 bridgehead atoms. The third-order valence-corrected chi connectivity index (χ3v) is 5.53. The number of amides is 4. The highest BCUT2D eigenvalue weighted by Crippen LogP contribution is 2.32. The molecule has 14 heteroatoms. The average molecular weight is 485 g/mol. The molecule has 1 aromatic carbocycles. The fraction of sp³-hybridized carbons (Fsp3) is 0.500. The lowest BCUT2D eigenvalue weighted by Crippen LogP contribution is -2.58. The van der Waals surface area contributed by atoms with Gasteiger partial charge in [0.15, 0.2) is 0 Å². The molecular weight excluding hydrogens is 462 g/mol. The number of carbonyl (C=O) groups excluding carboxylic acids is 2. The van der Waals surface area contributed by atoms with Gasteiger partial charge in [-0.1, -0.05) is 11.3 Å². The van der Waals surface area contributed by atoms with Crippen LogP contribution < -0.4 is 15.8 Å². The Morgan fingerprint density at radius 1 is 1.24 bits per heavy atom. The van der Waals surface area contributed by atoms with E-state index in [1.165, 1.54) is 27.9 Å². The highest BCUT2D eigenvalue weighted by Gasteiger charge is 2.41. The summed E-state index contributed by atoms with van der Waals surface area (Å²) in [6.07, 6.45) is -2.97. The van der Waals surface area contributed by atoms with Crippen molar-refractivity contribution in [2.45, 2.75) is 50.4 Å². The first-order valence-electron chi connectivity index (χ1n) is 10.6. The van der Waals surface area contributed by atoms with E-state index in [9.17, 15) is 27.2 Å². The maximum Gasteiger partial charge on any atom is 0.573 e. The van der Waals surface area contributed by atoms with Crippen molar-refractivity contribution < 1.29 is 31.9 Å². The fourth-order valence-electron chi connectivity index (χ4n) is 3.96. The van der Waals surface area contributed by atoms with E-state index >= 15 is 0 Å². The van der Waals surface area contributed by atoms with Gasteiger partial charge in [0.2, 0.25) is 0 Å². The van der Waals surface area contributed by atoms with Crippen LogP contribution in [0, 0.1) is 0 Å². The second-order valence-electron chi connectivity index (χ2n) is 8.23. The van der Waals surface area contributed by atoms with E-state index in [4.69, 9.17) is 5.73 Å². The number of likely N-dealkylation sites (tertiary alicyclic amines) is 1. The van der Waals surface area contributed by atoms with Crippen molar-refractivity contribution in [3.63, 3.8) is 0 Å². The monoisotopic (exact) mass is 485 g/mol. The first-order valence-corrected chi connectivity index (χ1v) is 10.6. The Balaban J connectivity index is 1.39. The highest BCUT2D eigenvalue weighted by atomic mass is 19.4. The Labute approximate surface area is 191 Å². The molecule has 0 radical (unpaired) electrons. The lowest BCUT2D eigenvalue weighted by Gasteiger charge is -2.40. The number of halogens is 4. The van der Waals surface area contributed by atoms with Gasteiger partial charge in [0, 0.05) is 25.1 Å². The fourth-order valence-corrected chi connectivity index (χ4v) is 3.96. The maximum atomic E-state index is 14.2. The molecule has 1 aliphatic carbocycles. The minimum Gasteiger partial charge on any atom is -0.406 e. The number of alkyl halides is 4. The van der Waals surface area contributed by atoms with Gasteiger partial charge < -0.3 is 25.6 Å². The number of benzene rings is 1. The summed E-state index contributed by atoms with van der Waals surface area (Å²) in [5.74, 6) is -0.404. The zero-order chi connectivity index (χ0) is 24.5. The van der Waals surface area contributed by atoms with Crippen molar-refractivity contribution in [1.29, 1.82) is 0 Å². The average Bonchev–Trinajstić information content (AvgIpc) is 3.46. The van der Waals surface area contributed by atoms with E-state index in [0.717, 1.165) is 25.0 Å². The van der Waals surface area contributed by atoms with E-state index in [1.807, 2.05) is 0 Å². The normalized spacial score (nSPS) is 20.6. The molecule has 1 saturated heterocycles. The van der Waals surface area contributed by atoms with Crippen LogP contribution in [0.15, 0.2) is 30.5 Å². The minimum absolute atomic E-state index is 0.00783. The first kappa shape index (κ1) is 23.6. The zero-order valence-electron chi connectivity index (χ0n) is 17.9. The van der Waals surface area contributed by atoms with Gasteiger partial charge in [0.25, 0.3) is 0 Å². The summed E-state index contributed by atoms with van der Waals surface area (Å²) in [6.45, 7) is 0.0581. The number of aromatic nitrogens is 3. The van der Waals surface area contributed by atoms with Gasteiger partial charge in [0.05, 0.1) is 31.0 Å². The van der Waals surface area contributed by atoms with Gasteiger partial charge in [-0.3, -0.25) is 0 Å². The van der Waals surface area contributed by atoms with Crippen LogP contribution in [0.2, 0.25) is 0 Å². The number of hydrogen-bond acceptors (Lipinski definition) is 5. The largest absolute Gasteiger partial charge is 0.573 e. The molecule has 184 valence electrons. The summed E-state index contributed by atoms with van der Waals surface area (Å²) in [7, 11) is 0. The molecule has 1 saturated carbocycles. The smallest absolute Gasteiger partial charge is 0.406 e. The van der Waals surface area contributed by atoms with Gasteiger partial charge in [-0.2, -0.15) is 0 Å². The quantitative estimate of drug-likeness (QED) is 0.609. The number of nitrogens with one attached hydrogen (secondary N) is 1. The Bertz CT molecular complexity index is 1040. The summed E-state index contributed by atoms with van der Waals surface area (Å²) in [4.78, 5) is 27.2. The van der Waals surface area contributed by atoms with E-state index in [-0.39, 0.29) is 37.8 Å². The Morgan fingerprint density at radius 2 is 2.00 bits per heavy atom. The predicted molar refractivity (Wildman–Crippen MR) is 110 cm³/mol. The second-order valence-corrected chi connectivity index (χ2v) is 8.23. The third kappa shape index (κ3) is 5.85. The molecule has 1 aromatic heterocycles. The second kappa shape index (κ2) is 9.35. The van der Waals surface area contributed by atoms with Crippen LogP contribution in [0.25, 0.3) is 5.69 Å². The number of carbonyl (C=O) groups is 2. The van der Waals surface area contributed by atoms with Crippen LogP contribution in [-0.2, 0) is 6.54 Å². The van der Waals surface area contributed by atoms with Crippen molar-refractivity contribution in [3.05, 3.63) is 36.2 Å². The van der Waals surface area contributed by atoms with Crippen LogP contribution in [0.3, 0.4) is 0 Å². The summed E-state index contributed by atoms with van der Waals surface area (Å²) in [5.41, 5.74) is 5.95. The van der Waals surface area contributed by atoms with Crippen LogP contribution in [0.4, 0.5) is 27.2 Å². The number of hydrogen-bond donors (Lipinski definition) is 2. The molecular formula is C20H23F4N7O3. The van der Waals surface area contributed by atoms with Crippen molar-refractivity contribution in [3.8, 4) is 11.4 Å². The molecule has 0 unspecified atom stereocenters. The van der Waals surface area contributed by atoms with Crippen LogP contribution >= 0.6 is 0 Å². The van der Waals surface area contributed by atoms with Crippen molar-refractivity contribution >= 4 is 12.1 Å². The van der Waals surface area contributed by atoms with E-state index in [0.29, 0.717) is 5.69 Å². The number of rotatable bonds is 6. The number of ether oxygens (including phenoxy) is 1. The lowest BCUT2D eigenvalue weighted by molar-refractivity contribution is -0.274. The third-order valence-electron chi connectivity index (χ3n) is 5.53. The molecule has 1 aliphatic heterocycles. The Hall–Kier alpha value is -3.58.